The van der Waals surface area contributed by atoms with Crippen molar-refractivity contribution in [3.8, 4) is 72.4 Å². The van der Waals surface area contributed by atoms with Crippen molar-refractivity contribution in [2.45, 2.75) is 96.3 Å². The normalized spacial score (nSPS) is 16.0. The van der Waals surface area contributed by atoms with E-state index >= 15 is 0 Å². The minimum Gasteiger partial charge on any atom is -0.456 e. The lowest BCUT2D eigenvalue weighted by molar-refractivity contribution is 0.600. The van der Waals surface area contributed by atoms with Crippen LogP contribution in [0.4, 0.5) is 17.1 Å². The molecular formula is C99H72N2O3. The highest BCUT2D eigenvalue weighted by Gasteiger charge is 2.50. The Morgan fingerprint density at radius 1 is 0.250 bits per heavy atom. The molecule has 496 valence electrons. The number of anilines is 3. The van der Waals surface area contributed by atoms with Crippen LogP contribution >= 0.6 is 0 Å². The van der Waals surface area contributed by atoms with Crippen LogP contribution in [-0.4, -0.2) is 4.57 Å². The maximum absolute atomic E-state index is 7.28. The van der Waals surface area contributed by atoms with Gasteiger partial charge in [0.1, 0.15) is 33.5 Å². The van der Waals surface area contributed by atoms with Gasteiger partial charge >= 0.3 is 0 Å². The van der Waals surface area contributed by atoms with E-state index in [0.717, 1.165) is 89.0 Å². The Morgan fingerprint density at radius 3 is 1.42 bits per heavy atom. The summed E-state index contributed by atoms with van der Waals surface area (Å²) < 4.78 is 23.5. The van der Waals surface area contributed by atoms with Crippen LogP contribution in [0.25, 0.3) is 160 Å². The first-order valence-corrected chi connectivity index (χ1v) is 37.0. The van der Waals surface area contributed by atoms with Crippen molar-refractivity contribution in [3.05, 3.63) is 310 Å². The number of aromatic nitrogens is 1. The number of hydrogen-bond donors (Lipinski definition) is 0. The zero-order valence-electron chi connectivity index (χ0n) is 59.9. The molecule has 5 heteroatoms. The lowest BCUT2D eigenvalue weighted by atomic mass is 9.72. The zero-order chi connectivity index (χ0) is 69.7. The van der Waals surface area contributed by atoms with Gasteiger partial charge in [-0.15, -0.1) is 0 Å². The van der Waals surface area contributed by atoms with Gasteiger partial charge in [0.15, 0.2) is 0 Å². The predicted molar refractivity (Wildman–Crippen MR) is 431 cm³/mol. The lowest BCUT2D eigenvalue weighted by Crippen LogP contribution is -2.24. The zero-order valence-corrected chi connectivity index (χ0v) is 59.9. The average molecular weight is 1340 g/mol. The van der Waals surface area contributed by atoms with Crippen molar-refractivity contribution in [2.24, 2.45) is 0 Å². The van der Waals surface area contributed by atoms with Crippen molar-refractivity contribution in [3.63, 3.8) is 0 Å². The maximum atomic E-state index is 7.28. The van der Waals surface area contributed by atoms with Crippen molar-refractivity contribution >= 4 is 105 Å². The summed E-state index contributed by atoms with van der Waals surface area (Å²) in [6.45, 7) is 24.4. The quantitative estimate of drug-likeness (QED) is 0.172. The Bertz CT molecular complexity index is 7010. The highest BCUT2D eigenvalue weighted by Crippen LogP contribution is 2.66. The van der Waals surface area contributed by atoms with Gasteiger partial charge in [-0.3, -0.25) is 0 Å². The Morgan fingerprint density at radius 2 is 0.712 bits per heavy atom. The maximum Gasteiger partial charge on any atom is 0.144 e. The number of para-hydroxylation sites is 5. The molecule has 0 atom stereocenters. The van der Waals surface area contributed by atoms with E-state index in [0.29, 0.717) is 0 Å². The fourth-order valence-corrected chi connectivity index (χ4v) is 21.0. The summed E-state index contributed by atoms with van der Waals surface area (Å²) in [5.41, 5.74) is 39.0. The van der Waals surface area contributed by atoms with Gasteiger partial charge in [-0.2, -0.15) is 0 Å². The average Bonchev–Trinajstić information content (AvgIpc) is 1.50. The van der Waals surface area contributed by atoms with Crippen LogP contribution in [0.15, 0.2) is 268 Å². The van der Waals surface area contributed by atoms with E-state index in [2.05, 4.69) is 333 Å². The topological polar surface area (TPSA) is 47.6 Å². The molecule has 104 heavy (non-hydrogen) atoms. The van der Waals surface area contributed by atoms with Crippen LogP contribution in [0.2, 0.25) is 0 Å². The lowest BCUT2D eigenvalue weighted by Gasteiger charge is -2.32. The van der Waals surface area contributed by atoms with E-state index in [1.165, 1.54) is 144 Å². The molecule has 0 N–H and O–H groups in total. The van der Waals surface area contributed by atoms with E-state index < -0.39 is 10.8 Å². The van der Waals surface area contributed by atoms with E-state index in [4.69, 9.17) is 13.3 Å². The molecule has 18 aromatic rings. The second kappa shape index (κ2) is 19.4. The summed E-state index contributed by atoms with van der Waals surface area (Å²) >= 11 is 0. The fraction of sp³-hybridized carbons (Fsp3) is 0.152. The van der Waals surface area contributed by atoms with Gasteiger partial charge < -0.3 is 22.7 Å². The highest BCUT2D eigenvalue weighted by molar-refractivity contribution is 6.25. The second-order valence-electron chi connectivity index (χ2n) is 32.9. The Labute approximate surface area is 602 Å². The van der Waals surface area contributed by atoms with Crippen LogP contribution < -0.4 is 4.90 Å². The summed E-state index contributed by atoms with van der Waals surface area (Å²) in [5, 5.41) is 9.44. The molecule has 0 bridgehead atoms. The number of benzene rings is 14. The van der Waals surface area contributed by atoms with Gasteiger partial charge in [-0.05, 0) is 214 Å². The molecule has 0 aliphatic heterocycles. The largest absolute Gasteiger partial charge is 0.456 e. The molecule has 5 aliphatic rings. The van der Waals surface area contributed by atoms with Crippen LogP contribution in [-0.2, 0) is 27.1 Å². The summed E-state index contributed by atoms with van der Waals surface area (Å²) in [5.74, 6) is 0. The number of furan rings is 3. The number of nitrogens with zero attached hydrogens (tertiary/aromatic N) is 2. The third kappa shape index (κ3) is 7.11. The highest BCUT2D eigenvalue weighted by atomic mass is 16.3. The van der Waals surface area contributed by atoms with Crippen LogP contribution in [0.3, 0.4) is 0 Å². The van der Waals surface area contributed by atoms with Gasteiger partial charge in [0.2, 0.25) is 0 Å². The van der Waals surface area contributed by atoms with E-state index in [1.807, 2.05) is 0 Å². The van der Waals surface area contributed by atoms with Gasteiger partial charge in [0.25, 0.3) is 0 Å². The molecule has 4 aromatic heterocycles. The van der Waals surface area contributed by atoms with Crippen molar-refractivity contribution in [1.82, 2.24) is 4.57 Å². The van der Waals surface area contributed by atoms with Crippen molar-refractivity contribution < 1.29 is 13.3 Å². The molecule has 5 nitrogen and oxygen atoms in total. The van der Waals surface area contributed by atoms with Gasteiger partial charge in [-0.1, -0.05) is 221 Å². The van der Waals surface area contributed by atoms with Crippen LogP contribution in [0.1, 0.15) is 125 Å². The first kappa shape index (κ1) is 58.7. The first-order chi connectivity index (χ1) is 50.4. The predicted octanol–water partition coefficient (Wildman–Crippen LogP) is 27.2. The molecule has 14 aromatic carbocycles. The standard InChI is InChI=1S/C99H72N2O3/c1-95(2)70-45-46-82-86(63-29-16-21-36-79(63)102-82)85(70)68-52-74-66(50-75(68)95)57-42-39-54(47-71(57)96(74,3)4)100(56-41-44-61-73(49-56)99(9,10)91-87(61)89-65-31-18-23-38-81(65)104-94(89)90-59-27-14-19-33-69(59)98(7,8)92(90)91)55-40-43-60-72(48-55)97(5,6)76-51-67(93-88(84(60)76)64-30-17-22-37-80(64)103-93)58-32-24-35-78-83(58)62-28-15-20-34-77(62)101(78)53-25-12-11-13-26-53/h11-52H,1-10H3. The Kier molecular flexibility index (Phi) is 11.0. The molecule has 0 spiro atoms. The summed E-state index contributed by atoms with van der Waals surface area (Å²) in [6, 6.07) is 95.8. The molecule has 23 rings (SSSR count). The Balaban J connectivity index is 0.739. The van der Waals surface area contributed by atoms with Gasteiger partial charge in [0.05, 0.1) is 11.0 Å². The monoisotopic (exact) mass is 1340 g/mol. The fourth-order valence-electron chi connectivity index (χ4n) is 21.0. The van der Waals surface area contributed by atoms with Gasteiger partial charge in [0, 0.05) is 104 Å². The molecule has 0 unspecified atom stereocenters. The molecular weight excluding hydrogens is 1270 g/mol. The number of rotatable bonds is 5. The summed E-state index contributed by atoms with van der Waals surface area (Å²) in [4.78, 5) is 2.59. The minimum atomic E-state index is -0.451. The SMILES string of the molecule is CC1(C)c2cc(N(c3ccc4c(c3)C(C)(C)c3cc(-c5cccc6c5c5ccccc5n6-c5ccccc5)c5oc6ccccc6c5c3-4)c3ccc4c(c3)C(C)(C)c3c5c(c6oc7ccccc7c6c3-4)-c3ccccc3C5(C)C)ccc2-c2cc3c(cc21)-c1c(ccc2oc4ccccc4c12)C3(C)C. The summed E-state index contributed by atoms with van der Waals surface area (Å²) in [6.07, 6.45) is 0. The van der Waals surface area contributed by atoms with Crippen LogP contribution in [0, 0.1) is 0 Å². The smallest absolute Gasteiger partial charge is 0.144 e. The molecule has 0 fully saturated rings. The molecule has 0 saturated carbocycles. The number of hydrogen-bond acceptors (Lipinski definition) is 4. The van der Waals surface area contributed by atoms with E-state index in [-0.39, 0.29) is 16.2 Å². The molecule has 0 saturated heterocycles. The first-order valence-electron chi connectivity index (χ1n) is 37.0. The minimum absolute atomic E-state index is 0.232. The van der Waals surface area contributed by atoms with Crippen molar-refractivity contribution in [1.29, 1.82) is 0 Å². The van der Waals surface area contributed by atoms with Crippen LogP contribution in [0.5, 0.6) is 0 Å². The molecule has 4 heterocycles. The van der Waals surface area contributed by atoms with E-state index in [9.17, 15) is 0 Å². The van der Waals surface area contributed by atoms with E-state index in [1.54, 1.807) is 0 Å². The molecule has 0 amide bonds. The summed E-state index contributed by atoms with van der Waals surface area (Å²) in [7, 11) is 0. The van der Waals surface area contributed by atoms with Crippen molar-refractivity contribution in [2.75, 3.05) is 4.90 Å². The Hall–Kier alpha value is -11.9. The van der Waals surface area contributed by atoms with Gasteiger partial charge in [-0.25, -0.2) is 0 Å². The second-order valence-corrected chi connectivity index (χ2v) is 32.9. The third-order valence-electron chi connectivity index (χ3n) is 25.9. The molecule has 0 radical (unpaired) electrons. The molecule has 5 aliphatic carbocycles. The third-order valence-corrected chi connectivity index (χ3v) is 25.9. The number of fused-ring (bicyclic) bond motifs is 32.